The minimum absolute atomic E-state index is 0.00396. The van der Waals surface area contributed by atoms with E-state index in [9.17, 15) is 4.79 Å². The van der Waals surface area contributed by atoms with Gasteiger partial charge in [-0.3, -0.25) is 4.79 Å². The topological polar surface area (TPSA) is 83.9 Å². The molecule has 31 heavy (non-hydrogen) atoms. The lowest BCUT2D eigenvalue weighted by atomic mass is 9.95. The molecule has 1 saturated heterocycles. The number of nitrogens with one attached hydrogen (secondary N) is 1. The third-order valence-corrected chi connectivity index (χ3v) is 5.76. The van der Waals surface area contributed by atoms with E-state index in [1.165, 1.54) is 0 Å². The summed E-state index contributed by atoms with van der Waals surface area (Å²) in [6.07, 6.45) is 5.28. The Balaban J connectivity index is 1.61. The summed E-state index contributed by atoms with van der Waals surface area (Å²) >= 11 is 0. The van der Waals surface area contributed by atoms with Crippen molar-refractivity contribution >= 4 is 11.9 Å². The molecule has 0 aliphatic carbocycles. The van der Waals surface area contributed by atoms with Gasteiger partial charge in [-0.05, 0) is 58.7 Å². The summed E-state index contributed by atoms with van der Waals surface area (Å²) in [6.45, 7) is 8.73. The first-order valence-corrected chi connectivity index (χ1v) is 10.7. The summed E-state index contributed by atoms with van der Waals surface area (Å²) in [6, 6.07) is 9.67. The molecule has 4 rings (SSSR count). The van der Waals surface area contributed by atoms with Crippen molar-refractivity contribution in [1.82, 2.24) is 24.8 Å². The molecule has 1 fully saturated rings. The van der Waals surface area contributed by atoms with Crippen molar-refractivity contribution in [2.24, 2.45) is 0 Å². The van der Waals surface area contributed by atoms with Crippen LogP contribution in [0.2, 0.25) is 0 Å². The highest BCUT2D eigenvalue weighted by atomic mass is 16.2. The zero-order valence-corrected chi connectivity index (χ0v) is 18.5. The van der Waals surface area contributed by atoms with E-state index in [2.05, 4.69) is 32.2 Å². The third-order valence-electron chi connectivity index (χ3n) is 5.76. The Morgan fingerprint density at radius 1 is 1.06 bits per heavy atom. The highest BCUT2D eigenvalue weighted by Gasteiger charge is 2.33. The van der Waals surface area contributed by atoms with Crippen molar-refractivity contribution in [3.63, 3.8) is 0 Å². The van der Waals surface area contributed by atoms with Gasteiger partial charge < -0.3 is 10.2 Å². The van der Waals surface area contributed by atoms with E-state index in [4.69, 9.17) is 0 Å². The standard InChI is InChI=1S/C24H28N6O/c1-15-8-9-19(22-25-10-6-11-26-22)20(13-15)23(31)30-12-5-7-21(18(30)4)29-24-27-16(2)14-17(3)28-24/h6,8-11,13-14,18,21H,5,7,12H2,1-4H3,(H,27,28,29)/t18-,21+/m1/s1. The molecule has 2 atom stereocenters. The molecule has 3 heterocycles. The maximum Gasteiger partial charge on any atom is 0.254 e. The number of piperidine rings is 1. The number of benzene rings is 1. The Hall–Kier alpha value is -3.35. The largest absolute Gasteiger partial charge is 0.349 e. The van der Waals surface area contributed by atoms with Crippen LogP contribution in [-0.2, 0) is 0 Å². The number of hydrogen-bond acceptors (Lipinski definition) is 6. The summed E-state index contributed by atoms with van der Waals surface area (Å²) in [4.78, 5) is 33.4. The number of rotatable bonds is 4. The average molecular weight is 417 g/mol. The van der Waals surface area contributed by atoms with Crippen molar-refractivity contribution in [3.8, 4) is 11.4 Å². The average Bonchev–Trinajstić information content (AvgIpc) is 2.74. The Kier molecular flexibility index (Phi) is 5.93. The summed E-state index contributed by atoms with van der Waals surface area (Å²) in [5.41, 5.74) is 4.29. The van der Waals surface area contributed by atoms with Gasteiger partial charge in [-0.25, -0.2) is 19.9 Å². The predicted molar refractivity (Wildman–Crippen MR) is 121 cm³/mol. The van der Waals surface area contributed by atoms with Gasteiger partial charge in [0.15, 0.2) is 5.82 Å². The van der Waals surface area contributed by atoms with Crippen molar-refractivity contribution in [2.75, 3.05) is 11.9 Å². The first kappa shape index (κ1) is 20.9. The Labute approximate surface area is 183 Å². The normalized spacial score (nSPS) is 18.6. The highest BCUT2D eigenvalue weighted by Crippen LogP contribution is 2.27. The lowest BCUT2D eigenvalue weighted by molar-refractivity contribution is 0.0617. The molecule has 0 saturated carbocycles. The molecule has 7 nitrogen and oxygen atoms in total. The number of hydrogen-bond donors (Lipinski definition) is 1. The fourth-order valence-electron chi connectivity index (χ4n) is 4.20. The highest BCUT2D eigenvalue weighted by molar-refractivity contribution is 6.00. The van der Waals surface area contributed by atoms with Gasteiger partial charge in [0.2, 0.25) is 5.95 Å². The molecular weight excluding hydrogens is 388 g/mol. The molecule has 1 aromatic carbocycles. The smallest absolute Gasteiger partial charge is 0.254 e. The summed E-state index contributed by atoms with van der Waals surface area (Å²) in [7, 11) is 0. The van der Waals surface area contributed by atoms with E-state index in [0.717, 1.165) is 41.9 Å². The van der Waals surface area contributed by atoms with Crippen LogP contribution >= 0.6 is 0 Å². The van der Waals surface area contributed by atoms with Gasteiger partial charge in [-0.1, -0.05) is 17.7 Å². The molecule has 1 aliphatic heterocycles. The van der Waals surface area contributed by atoms with Gasteiger partial charge in [0.25, 0.3) is 5.91 Å². The van der Waals surface area contributed by atoms with Crippen LogP contribution in [0.15, 0.2) is 42.7 Å². The quantitative estimate of drug-likeness (QED) is 0.693. The van der Waals surface area contributed by atoms with Crippen LogP contribution in [0.1, 0.15) is 47.1 Å². The lowest BCUT2D eigenvalue weighted by Gasteiger charge is -2.40. The van der Waals surface area contributed by atoms with E-state index < -0.39 is 0 Å². The van der Waals surface area contributed by atoms with E-state index in [1.54, 1.807) is 18.5 Å². The number of carbonyl (C=O) groups excluding carboxylic acids is 1. The minimum atomic E-state index is -0.00396. The van der Waals surface area contributed by atoms with Crippen LogP contribution in [0.5, 0.6) is 0 Å². The van der Waals surface area contributed by atoms with Gasteiger partial charge in [0.05, 0.1) is 5.56 Å². The maximum atomic E-state index is 13.7. The predicted octanol–water partition coefficient (Wildman–Crippen LogP) is 3.96. The van der Waals surface area contributed by atoms with E-state index in [0.29, 0.717) is 17.3 Å². The van der Waals surface area contributed by atoms with Crippen LogP contribution in [0.4, 0.5) is 5.95 Å². The Bertz CT molecular complexity index is 1060. The third kappa shape index (κ3) is 4.55. The first-order chi connectivity index (χ1) is 14.9. The summed E-state index contributed by atoms with van der Waals surface area (Å²) in [5, 5.41) is 3.47. The number of likely N-dealkylation sites (tertiary alicyclic amines) is 1. The van der Waals surface area contributed by atoms with Gasteiger partial charge in [0, 0.05) is 48.0 Å². The van der Waals surface area contributed by atoms with Crippen LogP contribution in [0.3, 0.4) is 0 Å². The van der Waals surface area contributed by atoms with Crippen LogP contribution < -0.4 is 5.32 Å². The van der Waals surface area contributed by atoms with Crippen LogP contribution in [-0.4, -0.2) is 49.4 Å². The van der Waals surface area contributed by atoms with E-state index in [-0.39, 0.29) is 18.0 Å². The molecule has 3 aromatic rings. The fourth-order valence-corrected chi connectivity index (χ4v) is 4.20. The van der Waals surface area contributed by atoms with Crippen molar-refractivity contribution in [2.45, 2.75) is 52.6 Å². The zero-order valence-electron chi connectivity index (χ0n) is 18.5. The van der Waals surface area contributed by atoms with Crippen LogP contribution in [0, 0.1) is 20.8 Å². The number of aromatic nitrogens is 4. The van der Waals surface area contributed by atoms with E-state index in [1.807, 2.05) is 49.9 Å². The van der Waals surface area contributed by atoms with Crippen molar-refractivity contribution < 1.29 is 4.79 Å². The molecule has 1 aliphatic rings. The van der Waals surface area contributed by atoms with Gasteiger partial charge >= 0.3 is 0 Å². The first-order valence-electron chi connectivity index (χ1n) is 10.7. The number of amides is 1. The maximum absolute atomic E-state index is 13.7. The Morgan fingerprint density at radius 3 is 2.48 bits per heavy atom. The number of carbonyl (C=O) groups is 1. The van der Waals surface area contributed by atoms with Gasteiger partial charge in [0.1, 0.15) is 0 Å². The second-order valence-electron chi connectivity index (χ2n) is 8.23. The van der Waals surface area contributed by atoms with Crippen molar-refractivity contribution in [3.05, 3.63) is 65.2 Å². The number of anilines is 1. The van der Waals surface area contributed by atoms with Gasteiger partial charge in [-0.2, -0.15) is 0 Å². The lowest BCUT2D eigenvalue weighted by Crippen LogP contribution is -2.52. The molecule has 0 bridgehead atoms. The molecule has 1 amide bonds. The monoisotopic (exact) mass is 416 g/mol. The molecule has 0 radical (unpaired) electrons. The van der Waals surface area contributed by atoms with Gasteiger partial charge in [-0.15, -0.1) is 0 Å². The molecule has 1 N–H and O–H groups in total. The molecule has 2 aromatic heterocycles. The summed E-state index contributed by atoms with van der Waals surface area (Å²) in [5.74, 6) is 1.19. The second kappa shape index (κ2) is 8.79. The van der Waals surface area contributed by atoms with Crippen LogP contribution in [0.25, 0.3) is 11.4 Å². The molecule has 0 spiro atoms. The molecule has 7 heteroatoms. The van der Waals surface area contributed by atoms with Crippen molar-refractivity contribution in [1.29, 1.82) is 0 Å². The molecule has 0 unspecified atom stereocenters. The fraction of sp³-hybridized carbons (Fsp3) is 0.375. The minimum Gasteiger partial charge on any atom is -0.349 e. The van der Waals surface area contributed by atoms with E-state index >= 15 is 0 Å². The number of aryl methyl sites for hydroxylation is 3. The SMILES string of the molecule is Cc1ccc(-c2ncccn2)c(C(=O)N2CCC[C@H](Nc3nc(C)cc(C)n3)[C@H]2C)c1. The second-order valence-corrected chi connectivity index (χ2v) is 8.23. The molecule has 160 valence electrons. The number of nitrogens with zero attached hydrogens (tertiary/aromatic N) is 5. The molecular formula is C24H28N6O. The summed E-state index contributed by atoms with van der Waals surface area (Å²) < 4.78 is 0. The Morgan fingerprint density at radius 2 is 1.77 bits per heavy atom. The zero-order chi connectivity index (χ0) is 22.0.